The fraction of sp³-hybridized carbons (Fsp3) is 0.467. The summed E-state index contributed by atoms with van der Waals surface area (Å²) in [6.07, 6.45) is 3.89. The Labute approximate surface area is 128 Å². The molecule has 20 heavy (non-hydrogen) atoms. The molecule has 1 fully saturated rings. The lowest BCUT2D eigenvalue weighted by molar-refractivity contribution is -0.121. The molecule has 0 aromatic heterocycles. The van der Waals surface area contributed by atoms with E-state index in [0.717, 1.165) is 25.7 Å². The van der Waals surface area contributed by atoms with Gasteiger partial charge < -0.3 is 11.1 Å². The molecule has 3 nitrogen and oxygen atoms in total. The molecule has 0 saturated heterocycles. The minimum Gasteiger partial charge on any atom is -0.393 e. The summed E-state index contributed by atoms with van der Waals surface area (Å²) < 4.78 is 0. The summed E-state index contributed by atoms with van der Waals surface area (Å²) in [6.45, 7) is 0. The van der Waals surface area contributed by atoms with Crippen LogP contribution in [-0.2, 0) is 11.2 Å². The quantitative estimate of drug-likeness (QED) is 0.841. The first-order chi connectivity index (χ1) is 9.65. The Hall–Kier alpha value is -1.07. The van der Waals surface area contributed by atoms with Gasteiger partial charge in [-0.25, -0.2) is 0 Å². The summed E-state index contributed by atoms with van der Waals surface area (Å²) >= 11 is 6.76. The van der Waals surface area contributed by atoms with Gasteiger partial charge in [-0.3, -0.25) is 4.79 Å². The average molecular weight is 306 g/mol. The summed E-state index contributed by atoms with van der Waals surface area (Å²) in [5.41, 5.74) is 7.03. The number of nitrogens with one attached hydrogen (secondary N) is 1. The molecule has 0 spiro atoms. The number of carbonyl (C=O) groups excluding carboxylic acids is 1. The van der Waals surface area contributed by atoms with Gasteiger partial charge >= 0.3 is 0 Å². The molecule has 1 aromatic carbocycles. The van der Waals surface area contributed by atoms with E-state index in [-0.39, 0.29) is 23.1 Å². The summed E-state index contributed by atoms with van der Waals surface area (Å²) in [6, 6.07) is 8.36. The number of thiocarbonyl (C=S) groups is 1. The lowest BCUT2D eigenvalue weighted by atomic mass is 10.0. The van der Waals surface area contributed by atoms with Gasteiger partial charge in [0.1, 0.15) is 0 Å². The van der Waals surface area contributed by atoms with Gasteiger partial charge in [0, 0.05) is 16.9 Å². The molecule has 1 heterocycles. The van der Waals surface area contributed by atoms with Gasteiger partial charge in [-0.15, -0.1) is 11.8 Å². The zero-order valence-electron chi connectivity index (χ0n) is 11.2. The van der Waals surface area contributed by atoms with Crippen LogP contribution in [0.3, 0.4) is 0 Å². The highest BCUT2D eigenvalue weighted by Gasteiger charge is 2.34. The maximum Gasteiger partial charge on any atom is 0.234 e. The predicted octanol–water partition coefficient (Wildman–Crippen LogP) is 2.27. The molecule has 5 heteroatoms. The maximum absolute atomic E-state index is 12.4. The Bertz CT molecular complexity index is 521. The molecule has 0 bridgehead atoms. The molecule has 2 aliphatic rings. The average Bonchev–Trinajstić information content (AvgIpc) is 3.03. The van der Waals surface area contributed by atoms with Crippen molar-refractivity contribution in [3.63, 3.8) is 0 Å². The van der Waals surface area contributed by atoms with Crippen molar-refractivity contribution in [2.45, 2.75) is 41.9 Å². The molecule has 1 aliphatic carbocycles. The molecule has 0 radical (unpaired) electrons. The molecule has 1 aliphatic heterocycles. The van der Waals surface area contributed by atoms with Crippen molar-refractivity contribution in [3.05, 3.63) is 29.8 Å². The van der Waals surface area contributed by atoms with E-state index in [1.807, 2.05) is 12.1 Å². The third-order valence-corrected chi connectivity index (χ3v) is 5.77. The molecular weight excluding hydrogens is 288 g/mol. The van der Waals surface area contributed by atoms with Crippen LogP contribution in [0.1, 0.15) is 24.8 Å². The summed E-state index contributed by atoms with van der Waals surface area (Å²) in [5.74, 6) is 0.294. The number of benzene rings is 1. The Kier molecular flexibility index (Phi) is 3.98. The number of amides is 1. The van der Waals surface area contributed by atoms with E-state index in [2.05, 4.69) is 17.4 Å². The maximum atomic E-state index is 12.4. The number of rotatable bonds is 3. The first kappa shape index (κ1) is 13.9. The van der Waals surface area contributed by atoms with E-state index >= 15 is 0 Å². The van der Waals surface area contributed by atoms with Crippen LogP contribution in [-0.4, -0.2) is 22.2 Å². The monoisotopic (exact) mass is 306 g/mol. The summed E-state index contributed by atoms with van der Waals surface area (Å²) in [5, 5.41) is 3.15. The van der Waals surface area contributed by atoms with Crippen molar-refractivity contribution in [2.75, 3.05) is 0 Å². The highest BCUT2D eigenvalue weighted by Crippen LogP contribution is 2.37. The van der Waals surface area contributed by atoms with Crippen LogP contribution < -0.4 is 11.1 Å². The fourth-order valence-electron chi connectivity index (χ4n) is 3.08. The van der Waals surface area contributed by atoms with Crippen LogP contribution in [0.15, 0.2) is 29.2 Å². The third kappa shape index (κ3) is 2.69. The van der Waals surface area contributed by atoms with Gasteiger partial charge in [0.15, 0.2) is 0 Å². The van der Waals surface area contributed by atoms with Crippen LogP contribution in [0.5, 0.6) is 0 Å². The Balaban J connectivity index is 1.63. The molecule has 3 rings (SSSR count). The SMILES string of the molecule is NC(=S)C1CCCC1NC(=O)C1Cc2ccccc2S1. The summed E-state index contributed by atoms with van der Waals surface area (Å²) in [4.78, 5) is 14.2. The van der Waals surface area contributed by atoms with Crippen molar-refractivity contribution in [3.8, 4) is 0 Å². The van der Waals surface area contributed by atoms with Crippen molar-refractivity contribution >= 4 is 34.9 Å². The van der Waals surface area contributed by atoms with E-state index < -0.39 is 0 Å². The molecule has 1 saturated carbocycles. The Morgan fingerprint density at radius 1 is 1.35 bits per heavy atom. The van der Waals surface area contributed by atoms with Crippen LogP contribution in [0.2, 0.25) is 0 Å². The third-order valence-electron chi connectivity index (χ3n) is 4.15. The van der Waals surface area contributed by atoms with Gasteiger partial charge in [0.25, 0.3) is 0 Å². The zero-order valence-corrected chi connectivity index (χ0v) is 12.8. The second-order valence-electron chi connectivity index (χ2n) is 5.47. The second kappa shape index (κ2) is 5.74. The standard InChI is InChI=1S/C15H18N2OS2/c16-14(19)10-5-3-6-11(10)17-15(18)13-8-9-4-1-2-7-12(9)20-13/h1-2,4,7,10-11,13H,3,5-6,8H2,(H2,16,19)(H,17,18). The smallest absolute Gasteiger partial charge is 0.234 e. The summed E-state index contributed by atoms with van der Waals surface area (Å²) in [7, 11) is 0. The highest BCUT2D eigenvalue weighted by atomic mass is 32.2. The minimum atomic E-state index is -0.0139. The Morgan fingerprint density at radius 3 is 2.90 bits per heavy atom. The van der Waals surface area contributed by atoms with Crippen LogP contribution in [0, 0.1) is 5.92 Å². The van der Waals surface area contributed by atoms with Gasteiger partial charge in [-0.05, 0) is 30.9 Å². The lowest BCUT2D eigenvalue weighted by Crippen LogP contribution is -2.45. The molecule has 1 aromatic rings. The topological polar surface area (TPSA) is 55.1 Å². The van der Waals surface area contributed by atoms with E-state index in [9.17, 15) is 4.79 Å². The van der Waals surface area contributed by atoms with Gasteiger partial charge in [-0.1, -0.05) is 36.8 Å². The van der Waals surface area contributed by atoms with Crippen molar-refractivity contribution in [2.24, 2.45) is 11.7 Å². The van der Waals surface area contributed by atoms with E-state index in [4.69, 9.17) is 18.0 Å². The van der Waals surface area contributed by atoms with Crippen LogP contribution in [0.4, 0.5) is 0 Å². The molecule has 3 N–H and O–H groups in total. The molecular formula is C15H18N2OS2. The number of nitrogens with two attached hydrogens (primary N) is 1. The van der Waals surface area contributed by atoms with Crippen molar-refractivity contribution in [1.82, 2.24) is 5.32 Å². The minimum absolute atomic E-state index is 0.0139. The van der Waals surface area contributed by atoms with Crippen molar-refractivity contribution in [1.29, 1.82) is 0 Å². The molecule has 106 valence electrons. The zero-order chi connectivity index (χ0) is 14.1. The van der Waals surface area contributed by atoms with Gasteiger partial charge in [0.05, 0.1) is 10.2 Å². The highest BCUT2D eigenvalue weighted by molar-refractivity contribution is 8.01. The predicted molar refractivity (Wildman–Crippen MR) is 85.8 cm³/mol. The first-order valence-electron chi connectivity index (χ1n) is 6.99. The van der Waals surface area contributed by atoms with Crippen molar-refractivity contribution < 1.29 is 4.79 Å². The molecule has 3 unspecified atom stereocenters. The second-order valence-corrected chi connectivity index (χ2v) is 7.19. The number of hydrogen-bond acceptors (Lipinski definition) is 3. The normalized spacial score (nSPS) is 28.1. The number of carbonyl (C=O) groups is 1. The van der Waals surface area contributed by atoms with E-state index in [1.54, 1.807) is 11.8 Å². The van der Waals surface area contributed by atoms with E-state index in [0.29, 0.717) is 4.99 Å². The fourth-order valence-corrected chi connectivity index (χ4v) is 4.56. The van der Waals surface area contributed by atoms with Gasteiger partial charge in [0.2, 0.25) is 5.91 Å². The first-order valence-corrected chi connectivity index (χ1v) is 8.28. The van der Waals surface area contributed by atoms with Crippen LogP contribution >= 0.6 is 24.0 Å². The van der Waals surface area contributed by atoms with Gasteiger partial charge in [-0.2, -0.15) is 0 Å². The number of thioether (sulfide) groups is 1. The molecule has 3 atom stereocenters. The van der Waals surface area contributed by atoms with Crippen LogP contribution in [0.25, 0.3) is 0 Å². The van der Waals surface area contributed by atoms with E-state index in [1.165, 1.54) is 10.5 Å². The Morgan fingerprint density at radius 2 is 2.15 bits per heavy atom. The number of hydrogen-bond donors (Lipinski definition) is 2. The lowest BCUT2D eigenvalue weighted by Gasteiger charge is -2.21. The number of fused-ring (bicyclic) bond motifs is 1. The largest absolute Gasteiger partial charge is 0.393 e. The molecule has 1 amide bonds.